The zero-order valence-electron chi connectivity index (χ0n) is 22.4. The number of benzene rings is 5. The second kappa shape index (κ2) is 11.4. The van der Waals surface area contributed by atoms with Crippen molar-refractivity contribution < 1.29 is 21.9 Å². The van der Waals surface area contributed by atoms with Crippen molar-refractivity contribution in [3.63, 3.8) is 0 Å². The van der Waals surface area contributed by atoms with E-state index in [0.29, 0.717) is 0 Å². The van der Waals surface area contributed by atoms with Crippen LogP contribution in [0, 0.1) is 0 Å². The van der Waals surface area contributed by atoms with E-state index in [9.17, 15) is 17.3 Å². The first-order valence-corrected chi connectivity index (χ1v) is 13.5. The molecule has 0 spiro atoms. The predicted octanol–water partition coefficient (Wildman–Crippen LogP) is 9.69. The molecule has 0 saturated carbocycles. The molecule has 0 aliphatic heterocycles. The van der Waals surface area contributed by atoms with Crippen molar-refractivity contribution >= 4 is 29.1 Å². The van der Waals surface area contributed by atoms with Crippen molar-refractivity contribution in [1.29, 1.82) is 0 Å². The van der Waals surface area contributed by atoms with Crippen LogP contribution in [0.3, 0.4) is 0 Å². The number of pyridine rings is 1. The molecule has 5 aromatic carbocycles. The van der Waals surface area contributed by atoms with Gasteiger partial charge in [-0.3, -0.25) is 0 Å². The molecule has 2 nitrogen and oxygen atoms in total. The van der Waals surface area contributed by atoms with E-state index >= 15 is 0 Å². The first-order valence-electron chi connectivity index (χ1n) is 13.5. The van der Waals surface area contributed by atoms with Gasteiger partial charge in [-0.15, -0.1) is 4.68 Å². The molecule has 7 aromatic rings. The SMILES string of the molecule is F[B-](F)(F)F.c1ccc(-c2cc(-c3ccccc3)[n+](-n3c4ccccc4c4ccccc43)c(-c3ccccc3)c2)cc1. The van der Waals surface area contributed by atoms with E-state index in [0.717, 1.165) is 11.4 Å². The van der Waals surface area contributed by atoms with Crippen LogP contribution in [0.15, 0.2) is 152 Å². The average molecular weight is 560 g/mol. The molecule has 0 unspecified atom stereocenters. The van der Waals surface area contributed by atoms with Crippen LogP contribution in [0.5, 0.6) is 0 Å². The van der Waals surface area contributed by atoms with Crippen molar-refractivity contribution in [3.05, 3.63) is 152 Å². The van der Waals surface area contributed by atoms with Crippen molar-refractivity contribution in [3.8, 4) is 33.6 Å². The Morgan fingerprint density at radius 3 is 1.14 bits per heavy atom. The van der Waals surface area contributed by atoms with Gasteiger partial charge in [-0.25, -0.2) is 0 Å². The Hall–Kier alpha value is -5.17. The number of hydrogen-bond acceptors (Lipinski definition) is 0. The fourth-order valence-electron chi connectivity index (χ4n) is 5.35. The fraction of sp³-hybridized carbons (Fsp3) is 0. The zero-order valence-corrected chi connectivity index (χ0v) is 22.4. The van der Waals surface area contributed by atoms with Gasteiger partial charge in [0.05, 0.1) is 0 Å². The van der Waals surface area contributed by atoms with E-state index in [2.05, 4.69) is 161 Å². The van der Waals surface area contributed by atoms with Crippen LogP contribution in [0.1, 0.15) is 0 Å². The molecule has 7 heteroatoms. The topological polar surface area (TPSA) is 8.81 Å². The van der Waals surface area contributed by atoms with Crippen molar-refractivity contribution in [2.45, 2.75) is 0 Å². The summed E-state index contributed by atoms with van der Waals surface area (Å²) < 4.78 is 43.8. The largest absolute Gasteiger partial charge is 0.673 e. The van der Waals surface area contributed by atoms with Crippen LogP contribution < -0.4 is 4.68 Å². The summed E-state index contributed by atoms with van der Waals surface area (Å²) in [4.78, 5) is 0. The van der Waals surface area contributed by atoms with Gasteiger partial charge in [-0.2, -0.15) is 0 Å². The number of nitrogens with zero attached hydrogens (tertiary/aromatic N) is 2. The van der Waals surface area contributed by atoms with Gasteiger partial charge in [0.1, 0.15) is 11.0 Å². The smallest absolute Gasteiger partial charge is 0.418 e. The molecule has 206 valence electrons. The number of hydrogen-bond donors (Lipinski definition) is 0. The molecular weight excluding hydrogens is 535 g/mol. The molecule has 0 amide bonds. The summed E-state index contributed by atoms with van der Waals surface area (Å²) in [5.41, 5.74) is 9.34. The minimum Gasteiger partial charge on any atom is -0.418 e. The highest BCUT2D eigenvalue weighted by molar-refractivity contribution is 6.50. The number of para-hydroxylation sites is 2. The van der Waals surface area contributed by atoms with Gasteiger partial charge in [0, 0.05) is 34.0 Å². The molecule has 0 atom stereocenters. The van der Waals surface area contributed by atoms with E-state index in [1.165, 1.54) is 44.1 Å². The van der Waals surface area contributed by atoms with Crippen LogP contribution in [0.4, 0.5) is 17.3 Å². The van der Waals surface area contributed by atoms with Gasteiger partial charge in [-0.1, -0.05) is 108 Å². The third-order valence-electron chi connectivity index (χ3n) is 7.04. The van der Waals surface area contributed by atoms with Gasteiger partial charge >= 0.3 is 7.25 Å². The maximum absolute atomic E-state index is 9.75. The third-order valence-corrected chi connectivity index (χ3v) is 7.04. The van der Waals surface area contributed by atoms with E-state index in [1.807, 2.05) is 0 Å². The number of aromatic nitrogens is 2. The molecule has 2 heterocycles. The summed E-state index contributed by atoms with van der Waals surface area (Å²) in [6.07, 6.45) is 0. The van der Waals surface area contributed by atoms with Crippen molar-refractivity contribution in [2.75, 3.05) is 0 Å². The molecule has 42 heavy (non-hydrogen) atoms. The quantitative estimate of drug-likeness (QED) is 0.115. The van der Waals surface area contributed by atoms with Gasteiger partial charge in [0.15, 0.2) is 0 Å². The number of fused-ring (bicyclic) bond motifs is 3. The predicted molar refractivity (Wildman–Crippen MR) is 163 cm³/mol. The molecule has 2 aromatic heterocycles. The Labute approximate surface area is 240 Å². The van der Waals surface area contributed by atoms with Gasteiger partial charge in [0.25, 0.3) is 0 Å². The minimum atomic E-state index is -6.00. The van der Waals surface area contributed by atoms with Gasteiger partial charge < -0.3 is 17.3 Å². The lowest BCUT2D eigenvalue weighted by molar-refractivity contribution is -0.699. The lowest BCUT2D eigenvalue weighted by atomic mass is 9.99. The molecule has 7 rings (SSSR count). The maximum atomic E-state index is 9.75. The Kier molecular flexibility index (Phi) is 7.32. The Morgan fingerprint density at radius 2 is 0.738 bits per heavy atom. The lowest BCUT2D eigenvalue weighted by Crippen LogP contribution is -2.46. The third kappa shape index (κ3) is 5.54. The number of rotatable bonds is 4. The first-order chi connectivity index (χ1) is 20.4. The van der Waals surface area contributed by atoms with Crippen molar-refractivity contribution in [2.24, 2.45) is 0 Å². The molecule has 0 radical (unpaired) electrons. The van der Waals surface area contributed by atoms with Crippen LogP contribution in [-0.2, 0) is 0 Å². The Morgan fingerprint density at radius 1 is 0.405 bits per heavy atom. The summed E-state index contributed by atoms with van der Waals surface area (Å²) in [5.74, 6) is 0. The first kappa shape index (κ1) is 27.0. The summed E-state index contributed by atoms with van der Waals surface area (Å²) in [6, 6.07) is 54.1. The lowest BCUT2D eigenvalue weighted by Gasteiger charge is -2.14. The molecule has 0 saturated heterocycles. The van der Waals surface area contributed by atoms with E-state index in [-0.39, 0.29) is 0 Å². The molecule has 0 aliphatic rings. The van der Waals surface area contributed by atoms with Crippen molar-refractivity contribution in [1.82, 2.24) is 4.68 Å². The molecular formula is C35H25BF4N2. The minimum absolute atomic E-state index is 1.13. The van der Waals surface area contributed by atoms with E-state index in [1.54, 1.807) is 0 Å². The summed E-state index contributed by atoms with van der Waals surface area (Å²) in [5, 5.41) is 2.49. The number of halogens is 4. The average Bonchev–Trinajstić information content (AvgIpc) is 3.35. The summed E-state index contributed by atoms with van der Waals surface area (Å²) >= 11 is 0. The highest BCUT2D eigenvalue weighted by Crippen LogP contribution is 2.33. The molecule has 0 bridgehead atoms. The van der Waals surface area contributed by atoms with E-state index in [4.69, 9.17) is 0 Å². The molecule has 0 aliphatic carbocycles. The standard InChI is InChI=1S/C35H25N2.BF4/c1-4-14-26(15-5-1)29-24-34(27-16-6-2-7-17-27)37(35(25-29)28-18-8-3-9-19-28)36-32-22-12-10-20-30(32)31-21-11-13-23-33(31)36;2-1(3,4)5/h1-25H;/q+1;-1. The van der Waals surface area contributed by atoms with Crippen LogP contribution in [0.2, 0.25) is 0 Å². The van der Waals surface area contributed by atoms with Crippen LogP contribution in [0.25, 0.3) is 55.4 Å². The molecule has 0 N–H and O–H groups in total. The second-order valence-corrected chi connectivity index (χ2v) is 9.77. The normalized spacial score (nSPS) is 11.3. The maximum Gasteiger partial charge on any atom is 0.673 e. The monoisotopic (exact) mass is 560 g/mol. The molecule has 0 fully saturated rings. The fourth-order valence-corrected chi connectivity index (χ4v) is 5.35. The highest BCUT2D eigenvalue weighted by atomic mass is 19.5. The van der Waals surface area contributed by atoms with E-state index < -0.39 is 7.25 Å². The Bertz CT molecular complexity index is 1850. The van der Waals surface area contributed by atoms with Crippen LogP contribution >= 0.6 is 0 Å². The summed E-state index contributed by atoms with van der Waals surface area (Å²) in [7, 11) is -6.00. The highest BCUT2D eigenvalue weighted by Gasteiger charge is 2.28. The second-order valence-electron chi connectivity index (χ2n) is 9.77. The summed E-state index contributed by atoms with van der Waals surface area (Å²) in [6.45, 7) is 0. The Balaban J connectivity index is 0.000000585. The van der Waals surface area contributed by atoms with Gasteiger partial charge in [-0.05, 0) is 47.5 Å². The zero-order chi connectivity index (χ0) is 29.1. The van der Waals surface area contributed by atoms with Gasteiger partial charge in [0.2, 0.25) is 11.4 Å². The van der Waals surface area contributed by atoms with Crippen LogP contribution in [-0.4, -0.2) is 11.9 Å².